The number of aryl methyl sites for hydroxylation is 2. The number of hydrogen-bond donors (Lipinski definition) is 2. The molecule has 1 saturated carbocycles. The third-order valence-electron chi connectivity index (χ3n) is 6.23. The van der Waals surface area contributed by atoms with Gasteiger partial charge in [0.2, 0.25) is 0 Å². The van der Waals surface area contributed by atoms with Gasteiger partial charge in [0.15, 0.2) is 5.96 Å². The Morgan fingerprint density at radius 1 is 1.08 bits per heavy atom. The van der Waals surface area contributed by atoms with E-state index in [0.717, 1.165) is 29.5 Å². The fraction of sp³-hybridized carbons (Fsp3) is 0.800. The normalized spacial score (nSPS) is 21.6. The van der Waals surface area contributed by atoms with Gasteiger partial charge in [0.1, 0.15) is 5.76 Å². The molecular formula is C20H35N5O. The molecule has 146 valence electrons. The number of likely N-dealkylation sites (tertiary alicyclic amines) is 1. The van der Waals surface area contributed by atoms with Crippen LogP contribution in [0.25, 0.3) is 0 Å². The van der Waals surface area contributed by atoms with Crippen molar-refractivity contribution in [3.8, 4) is 0 Å². The van der Waals surface area contributed by atoms with Gasteiger partial charge in [-0.3, -0.25) is 9.89 Å². The van der Waals surface area contributed by atoms with E-state index in [-0.39, 0.29) is 0 Å². The number of piperidine rings is 1. The maximum absolute atomic E-state index is 5.25. The quantitative estimate of drug-likeness (QED) is 0.623. The molecule has 6 nitrogen and oxygen atoms in total. The van der Waals surface area contributed by atoms with Crippen molar-refractivity contribution in [3.63, 3.8) is 0 Å². The number of aromatic nitrogens is 1. The molecule has 0 radical (unpaired) electrons. The van der Waals surface area contributed by atoms with Crippen LogP contribution in [0.15, 0.2) is 9.52 Å². The Morgan fingerprint density at radius 3 is 2.38 bits per heavy atom. The predicted molar refractivity (Wildman–Crippen MR) is 105 cm³/mol. The number of rotatable bonds is 5. The van der Waals surface area contributed by atoms with Crippen LogP contribution in [0.4, 0.5) is 0 Å². The zero-order valence-electron chi connectivity index (χ0n) is 16.7. The number of guanidine groups is 1. The fourth-order valence-electron chi connectivity index (χ4n) is 4.58. The van der Waals surface area contributed by atoms with E-state index in [4.69, 9.17) is 4.52 Å². The standard InChI is InChI=1S/C20H35N5O/c1-16-18(17(2)26-24-16)14-22-19(21-3)23-15-20(10-6-4-7-11-20)25-12-8-5-9-13-25/h4-15H2,1-3H3,(H2,21,22,23). The van der Waals surface area contributed by atoms with Crippen molar-refractivity contribution in [2.24, 2.45) is 4.99 Å². The molecule has 0 bridgehead atoms. The summed E-state index contributed by atoms with van der Waals surface area (Å²) in [4.78, 5) is 7.20. The second kappa shape index (κ2) is 8.89. The lowest BCUT2D eigenvalue weighted by Gasteiger charge is -2.48. The summed E-state index contributed by atoms with van der Waals surface area (Å²) in [7, 11) is 1.84. The second-order valence-corrected chi connectivity index (χ2v) is 7.91. The zero-order valence-corrected chi connectivity index (χ0v) is 16.7. The smallest absolute Gasteiger partial charge is 0.191 e. The summed E-state index contributed by atoms with van der Waals surface area (Å²) in [5.41, 5.74) is 2.37. The van der Waals surface area contributed by atoms with Crippen LogP contribution >= 0.6 is 0 Å². The molecule has 0 atom stereocenters. The van der Waals surface area contributed by atoms with Gasteiger partial charge in [-0.15, -0.1) is 0 Å². The Balaban J connectivity index is 1.59. The molecule has 2 aliphatic rings. The summed E-state index contributed by atoms with van der Waals surface area (Å²) in [6, 6.07) is 0. The molecule has 1 aliphatic carbocycles. The summed E-state index contributed by atoms with van der Waals surface area (Å²) in [6.07, 6.45) is 10.8. The Labute approximate surface area is 157 Å². The van der Waals surface area contributed by atoms with Crippen LogP contribution in [-0.4, -0.2) is 48.2 Å². The van der Waals surface area contributed by atoms with Gasteiger partial charge in [-0.25, -0.2) is 0 Å². The molecule has 2 N–H and O–H groups in total. The van der Waals surface area contributed by atoms with Crippen molar-refractivity contribution in [1.29, 1.82) is 0 Å². The fourth-order valence-corrected chi connectivity index (χ4v) is 4.58. The zero-order chi connectivity index (χ0) is 18.4. The first-order chi connectivity index (χ1) is 12.6. The first kappa shape index (κ1) is 19.2. The lowest BCUT2D eigenvalue weighted by molar-refractivity contribution is 0.0368. The van der Waals surface area contributed by atoms with Gasteiger partial charge < -0.3 is 15.2 Å². The predicted octanol–water partition coefficient (Wildman–Crippen LogP) is 3.15. The van der Waals surface area contributed by atoms with E-state index in [9.17, 15) is 0 Å². The van der Waals surface area contributed by atoms with E-state index in [1.165, 1.54) is 64.5 Å². The van der Waals surface area contributed by atoms with E-state index in [2.05, 4.69) is 25.7 Å². The van der Waals surface area contributed by atoms with Crippen LogP contribution in [0.2, 0.25) is 0 Å². The van der Waals surface area contributed by atoms with Crippen molar-refractivity contribution in [2.45, 2.75) is 77.3 Å². The molecule has 1 aromatic rings. The topological polar surface area (TPSA) is 65.7 Å². The molecule has 2 heterocycles. The third-order valence-corrected chi connectivity index (χ3v) is 6.23. The molecule has 1 saturated heterocycles. The highest BCUT2D eigenvalue weighted by Crippen LogP contribution is 2.35. The van der Waals surface area contributed by atoms with Crippen LogP contribution in [0.3, 0.4) is 0 Å². The Morgan fingerprint density at radius 2 is 1.77 bits per heavy atom. The molecule has 0 spiro atoms. The van der Waals surface area contributed by atoms with Crippen molar-refractivity contribution in [1.82, 2.24) is 20.7 Å². The van der Waals surface area contributed by atoms with Gasteiger partial charge in [-0.1, -0.05) is 30.8 Å². The average molecular weight is 362 g/mol. The van der Waals surface area contributed by atoms with Gasteiger partial charge in [0.05, 0.1) is 5.69 Å². The third kappa shape index (κ3) is 4.40. The van der Waals surface area contributed by atoms with Crippen molar-refractivity contribution in [3.05, 3.63) is 17.0 Å². The van der Waals surface area contributed by atoms with Gasteiger partial charge in [0.25, 0.3) is 0 Å². The number of hydrogen-bond acceptors (Lipinski definition) is 4. The monoisotopic (exact) mass is 361 g/mol. The minimum Gasteiger partial charge on any atom is -0.361 e. The van der Waals surface area contributed by atoms with E-state index < -0.39 is 0 Å². The van der Waals surface area contributed by atoms with E-state index >= 15 is 0 Å². The van der Waals surface area contributed by atoms with Crippen molar-refractivity contribution >= 4 is 5.96 Å². The van der Waals surface area contributed by atoms with Crippen molar-refractivity contribution in [2.75, 3.05) is 26.7 Å². The van der Waals surface area contributed by atoms with Crippen LogP contribution in [0.1, 0.15) is 68.4 Å². The SMILES string of the molecule is CN=C(NCc1c(C)noc1C)NCC1(N2CCCCC2)CCCCC1. The minimum atomic E-state index is 0.305. The largest absolute Gasteiger partial charge is 0.361 e. The minimum absolute atomic E-state index is 0.305. The Bertz CT molecular complexity index is 578. The lowest BCUT2D eigenvalue weighted by Crippen LogP contribution is -2.59. The number of nitrogens with one attached hydrogen (secondary N) is 2. The highest BCUT2D eigenvalue weighted by molar-refractivity contribution is 5.79. The van der Waals surface area contributed by atoms with Crippen LogP contribution in [-0.2, 0) is 6.54 Å². The molecule has 2 fully saturated rings. The summed E-state index contributed by atoms with van der Waals surface area (Å²) in [5.74, 6) is 1.74. The average Bonchev–Trinajstić information content (AvgIpc) is 3.01. The maximum Gasteiger partial charge on any atom is 0.191 e. The van der Waals surface area contributed by atoms with E-state index in [0.29, 0.717) is 12.1 Å². The van der Waals surface area contributed by atoms with Crippen LogP contribution in [0, 0.1) is 13.8 Å². The Hall–Kier alpha value is -1.56. The van der Waals surface area contributed by atoms with Crippen molar-refractivity contribution < 1.29 is 4.52 Å². The maximum atomic E-state index is 5.25. The van der Waals surface area contributed by atoms with Crippen LogP contribution < -0.4 is 10.6 Å². The molecule has 0 unspecified atom stereocenters. The summed E-state index contributed by atoms with van der Waals surface area (Å²) < 4.78 is 5.25. The molecular weight excluding hydrogens is 326 g/mol. The first-order valence-corrected chi connectivity index (χ1v) is 10.3. The molecule has 26 heavy (non-hydrogen) atoms. The molecule has 0 aromatic carbocycles. The molecule has 0 amide bonds. The number of nitrogens with zero attached hydrogens (tertiary/aromatic N) is 3. The van der Waals surface area contributed by atoms with Gasteiger partial charge in [-0.05, 0) is 52.6 Å². The second-order valence-electron chi connectivity index (χ2n) is 7.91. The molecule has 1 aromatic heterocycles. The lowest BCUT2D eigenvalue weighted by atomic mass is 9.79. The Kier molecular flexibility index (Phi) is 6.57. The summed E-state index contributed by atoms with van der Waals surface area (Å²) in [5, 5.41) is 11.1. The molecule has 1 aliphatic heterocycles. The summed E-state index contributed by atoms with van der Waals surface area (Å²) in [6.45, 7) is 8.13. The van der Waals surface area contributed by atoms with E-state index in [1.807, 2.05) is 20.9 Å². The number of aliphatic imine (C=N–C) groups is 1. The summed E-state index contributed by atoms with van der Waals surface area (Å²) >= 11 is 0. The highest BCUT2D eigenvalue weighted by atomic mass is 16.5. The van der Waals surface area contributed by atoms with Gasteiger partial charge in [0, 0.05) is 31.2 Å². The molecule has 6 heteroatoms. The highest BCUT2D eigenvalue weighted by Gasteiger charge is 2.38. The molecule has 3 rings (SSSR count). The van der Waals surface area contributed by atoms with Gasteiger partial charge in [-0.2, -0.15) is 0 Å². The van der Waals surface area contributed by atoms with Crippen LogP contribution in [0.5, 0.6) is 0 Å². The van der Waals surface area contributed by atoms with E-state index in [1.54, 1.807) is 0 Å². The first-order valence-electron chi connectivity index (χ1n) is 10.3. The van der Waals surface area contributed by atoms with Gasteiger partial charge >= 0.3 is 0 Å².